The van der Waals surface area contributed by atoms with Gasteiger partial charge in [0.05, 0.1) is 12.8 Å². The van der Waals surface area contributed by atoms with Gasteiger partial charge in [-0.1, -0.05) is 90.4 Å². The molecule has 1 aliphatic rings. The summed E-state index contributed by atoms with van der Waals surface area (Å²) in [5.74, 6) is 0.886. The first-order valence-corrected chi connectivity index (χ1v) is 9.54. The van der Waals surface area contributed by atoms with Crippen molar-refractivity contribution in [3.05, 3.63) is 103 Å². The number of rotatable bonds is 3. The largest absolute Gasteiger partial charge is 0.495 e. The Kier molecular flexibility index (Phi) is 4.14. The molecule has 0 N–H and O–H groups in total. The van der Waals surface area contributed by atoms with Crippen molar-refractivity contribution in [2.75, 3.05) is 11.9 Å². The standard InChI is InChI=1S/C25H20BNO/c1-28-24-18-10-16-22-21-15-8-9-17-23(21)26(19-11-4-2-5-12-19)27(25(22)24)20-13-6-3-7-14-20/h2-18H,1H3. The summed E-state index contributed by atoms with van der Waals surface area (Å²) in [7, 11) is 1.75. The van der Waals surface area contributed by atoms with E-state index in [4.69, 9.17) is 4.74 Å². The van der Waals surface area contributed by atoms with Crippen molar-refractivity contribution in [3.8, 4) is 16.9 Å². The number of para-hydroxylation sites is 2. The normalized spacial score (nSPS) is 12.3. The number of methoxy groups -OCH3 is 1. The summed E-state index contributed by atoms with van der Waals surface area (Å²) in [6.07, 6.45) is 0. The monoisotopic (exact) mass is 361 g/mol. The second kappa shape index (κ2) is 6.93. The Bertz CT molecular complexity index is 1110. The third kappa shape index (κ3) is 2.59. The zero-order valence-corrected chi connectivity index (χ0v) is 15.7. The van der Waals surface area contributed by atoms with Gasteiger partial charge in [-0.3, -0.25) is 0 Å². The molecule has 4 aromatic carbocycles. The fraction of sp³-hybridized carbons (Fsp3) is 0.0400. The SMILES string of the molecule is COc1cccc2c1N(c1ccccc1)B(c1ccccc1)c1ccccc1-2. The highest BCUT2D eigenvalue weighted by Gasteiger charge is 2.38. The maximum Gasteiger partial charge on any atom is 0.328 e. The summed E-state index contributed by atoms with van der Waals surface area (Å²) in [5.41, 5.74) is 7.29. The van der Waals surface area contributed by atoms with Gasteiger partial charge < -0.3 is 9.55 Å². The predicted octanol–water partition coefficient (Wildman–Crippen LogP) is 4.62. The van der Waals surface area contributed by atoms with E-state index in [1.165, 1.54) is 22.1 Å². The maximum absolute atomic E-state index is 5.82. The minimum absolute atomic E-state index is 0.0728. The van der Waals surface area contributed by atoms with E-state index in [-0.39, 0.29) is 6.85 Å². The van der Waals surface area contributed by atoms with Gasteiger partial charge in [0.1, 0.15) is 5.75 Å². The van der Waals surface area contributed by atoms with Crippen LogP contribution in [0, 0.1) is 0 Å². The van der Waals surface area contributed by atoms with Crippen molar-refractivity contribution in [2.45, 2.75) is 0 Å². The molecular weight excluding hydrogens is 341 g/mol. The number of hydrogen-bond acceptors (Lipinski definition) is 2. The van der Waals surface area contributed by atoms with E-state index < -0.39 is 0 Å². The van der Waals surface area contributed by atoms with Gasteiger partial charge in [-0.05, 0) is 29.2 Å². The molecular formula is C25H20BNO. The summed E-state index contributed by atoms with van der Waals surface area (Å²) in [5, 5.41) is 0. The van der Waals surface area contributed by atoms with E-state index in [2.05, 4.69) is 102 Å². The number of anilines is 2. The van der Waals surface area contributed by atoms with Crippen LogP contribution in [0.4, 0.5) is 11.4 Å². The zero-order valence-electron chi connectivity index (χ0n) is 15.7. The summed E-state index contributed by atoms with van der Waals surface area (Å²) < 4.78 is 5.82. The third-order valence-corrected chi connectivity index (χ3v) is 5.41. The van der Waals surface area contributed by atoms with Crippen LogP contribution < -0.4 is 20.5 Å². The smallest absolute Gasteiger partial charge is 0.328 e. The number of hydrogen-bond donors (Lipinski definition) is 0. The van der Waals surface area contributed by atoms with Gasteiger partial charge in [-0.2, -0.15) is 0 Å². The van der Waals surface area contributed by atoms with Gasteiger partial charge in [0.15, 0.2) is 0 Å². The van der Waals surface area contributed by atoms with Crippen LogP contribution in [0.2, 0.25) is 0 Å². The van der Waals surface area contributed by atoms with Gasteiger partial charge in [-0.15, -0.1) is 0 Å². The molecule has 134 valence electrons. The van der Waals surface area contributed by atoms with Gasteiger partial charge in [0.25, 0.3) is 0 Å². The number of ether oxygens (including phenoxy) is 1. The molecule has 5 rings (SSSR count). The summed E-state index contributed by atoms with van der Waals surface area (Å²) in [6.45, 7) is 0.0728. The van der Waals surface area contributed by atoms with Gasteiger partial charge in [0, 0.05) is 11.3 Å². The molecule has 0 bridgehead atoms. The minimum Gasteiger partial charge on any atom is -0.495 e. The quantitative estimate of drug-likeness (QED) is 0.494. The molecule has 0 aliphatic carbocycles. The maximum atomic E-state index is 5.82. The lowest BCUT2D eigenvalue weighted by Crippen LogP contribution is -2.57. The molecule has 0 atom stereocenters. The van der Waals surface area contributed by atoms with Crippen molar-refractivity contribution in [3.63, 3.8) is 0 Å². The van der Waals surface area contributed by atoms with E-state index in [9.17, 15) is 0 Å². The third-order valence-electron chi connectivity index (χ3n) is 5.41. The number of fused-ring (bicyclic) bond motifs is 3. The molecule has 1 heterocycles. The first-order chi connectivity index (χ1) is 13.9. The first kappa shape index (κ1) is 16.7. The zero-order chi connectivity index (χ0) is 18.9. The molecule has 0 aromatic heterocycles. The van der Waals surface area contributed by atoms with Gasteiger partial charge in [0.2, 0.25) is 0 Å². The molecule has 0 unspecified atom stereocenters. The summed E-state index contributed by atoms with van der Waals surface area (Å²) in [6, 6.07) is 36.3. The van der Waals surface area contributed by atoms with Crippen LogP contribution in [0.3, 0.4) is 0 Å². The second-order valence-electron chi connectivity index (χ2n) is 6.96. The summed E-state index contributed by atoms with van der Waals surface area (Å²) >= 11 is 0. The Hall–Kier alpha value is -3.46. The van der Waals surface area contributed by atoms with Crippen LogP contribution >= 0.6 is 0 Å². The van der Waals surface area contributed by atoms with Crippen molar-refractivity contribution in [1.29, 1.82) is 0 Å². The molecule has 4 aromatic rings. The number of nitrogens with zero attached hydrogens (tertiary/aromatic N) is 1. The molecule has 0 spiro atoms. The highest BCUT2D eigenvalue weighted by atomic mass is 16.5. The fourth-order valence-electron chi connectivity index (χ4n) is 4.23. The molecule has 1 aliphatic heterocycles. The lowest BCUT2D eigenvalue weighted by Gasteiger charge is -2.39. The molecule has 2 nitrogen and oxygen atoms in total. The molecule has 28 heavy (non-hydrogen) atoms. The van der Waals surface area contributed by atoms with Gasteiger partial charge >= 0.3 is 6.85 Å². The van der Waals surface area contributed by atoms with Crippen LogP contribution in [-0.4, -0.2) is 14.0 Å². The predicted molar refractivity (Wildman–Crippen MR) is 118 cm³/mol. The van der Waals surface area contributed by atoms with Crippen LogP contribution in [0.25, 0.3) is 11.1 Å². The van der Waals surface area contributed by atoms with E-state index in [0.29, 0.717) is 0 Å². The van der Waals surface area contributed by atoms with E-state index in [1.807, 2.05) is 6.07 Å². The molecule has 3 heteroatoms. The fourth-order valence-corrected chi connectivity index (χ4v) is 4.23. The van der Waals surface area contributed by atoms with Crippen molar-refractivity contribution in [1.82, 2.24) is 0 Å². The van der Waals surface area contributed by atoms with Crippen molar-refractivity contribution >= 4 is 29.1 Å². The van der Waals surface area contributed by atoms with Crippen LogP contribution in [0.15, 0.2) is 103 Å². The van der Waals surface area contributed by atoms with Gasteiger partial charge in [-0.25, -0.2) is 0 Å². The molecule has 0 saturated heterocycles. The Morgan fingerprint density at radius 2 is 1.29 bits per heavy atom. The Labute approximate surface area is 166 Å². The highest BCUT2D eigenvalue weighted by molar-refractivity contribution is 6.90. The Balaban J connectivity index is 1.87. The Morgan fingerprint density at radius 1 is 0.643 bits per heavy atom. The van der Waals surface area contributed by atoms with E-state index in [1.54, 1.807) is 7.11 Å². The van der Waals surface area contributed by atoms with E-state index in [0.717, 1.165) is 17.1 Å². The Morgan fingerprint density at radius 3 is 2.04 bits per heavy atom. The first-order valence-electron chi connectivity index (χ1n) is 9.54. The molecule has 0 radical (unpaired) electrons. The molecule has 0 amide bonds. The molecule has 0 saturated carbocycles. The lowest BCUT2D eigenvalue weighted by atomic mass is 9.45. The minimum atomic E-state index is 0.0728. The van der Waals surface area contributed by atoms with E-state index >= 15 is 0 Å². The topological polar surface area (TPSA) is 12.5 Å². The second-order valence-corrected chi connectivity index (χ2v) is 6.96. The van der Waals surface area contributed by atoms with Crippen LogP contribution in [0.1, 0.15) is 0 Å². The number of benzene rings is 4. The van der Waals surface area contributed by atoms with Crippen molar-refractivity contribution < 1.29 is 4.74 Å². The summed E-state index contributed by atoms with van der Waals surface area (Å²) in [4.78, 5) is 2.41. The molecule has 0 fully saturated rings. The average Bonchev–Trinajstić information content (AvgIpc) is 2.79. The van der Waals surface area contributed by atoms with Crippen LogP contribution in [-0.2, 0) is 0 Å². The van der Waals surface area contributed by atoms with Crippen molar-refractivity contribution in [2.24, 2.45) is 0 Å². The van der Waals surface area contributed by atoms with Crippen LogP contribution in [0.5, 0.6) is 5.75 Å². The average molecular weight is 361 g/mol. The highest BCUT2D eigenvalue weighted by Crippen LogP contribution is 2.44. The lowest BCUT2D eigenvalue weighted by molar-refractivity contribution is 0.416.